The van der Waals surface area contributed by atoms with Crippen molar-refractivity contribution < 1.29 is 24.2 Å². The maximum absolute atomic E-state index is 12.4. The molecule has 0 aromatic heterocycles. The Morgan fingerprint density at radius 3 is 2.54 bits per heavy atom. The van der Waals surface area contributed by atoms with Crippen molar-refractivity contribution in [1.82, 2.24) is 0 Å². The Morgan fingerprint density at radius 1 is 1.04 bits per heavy atom. The van der Waals surface area contributed by atoms with Gasteiger partial charge in [0.2, 0.25) is 0 Å². The lowest BCUT2D eigenvalue weighted by molar-refractivity contribution is -0.139. The summed E-state index contributed by atoms with van der Waals surface area (Å²) in [4.78, 5) is 23.0. The summed E-state index contributed by atoms with van der Waals surface area (Å²) in [6.45, 7) is -0.453. The summed E-state index contributed by atoms with van der Waals surface area (Å²) >= 11 is 0. The summed E-state index contributed by atoms with van der Waals surface area (Å²) in [5.41, 5.74) is 1.03. The molecule has 136 valence electrons. The number of rotatable bonds is 7. The smallest absolute Gasteiger partial charge is 0.341 e. The molecule has 0 saturated heterocycles. The number of nitrogens with one attached hydrogen (secondary N) is 1. The summed E-state index contributed by atoms with van der Waals surface area (Å²) in [6.07, 6.45) is 4.78. The van der Waals surface area contributed by atoms with E-state index in [1.165, 1.54) is 18.9 Å². The van der Waals surface area contributed by atoms with E-state index in [2.05, 4.69) is 5.32 Å². The maximum Gasteiger partial charge on any atom is 0.341 e. The lowest BCUT2D eigenvalue weighted by atomic mass is 10.2. The normalized spacial score (nSPS) is 14.0. The number of benzene rings is 2. The largest absolute Gasteiger partial charge is 0.490 e. The van der Waals surface area contributed by atoms with Crippen LogP contribution in [0, 0.1) is 0 Å². The molecule has 0 heterocycles. The van der Waals surface area contributed by atoms with E-state index in [9.17, 15) is 9.59 Å². The topological polar surface area (TPSA) is 84.9 Å². The molecule has 0 radical (unpaired) electrons. The van der Waals surface area contributed by atoms with Gasteiger partial charge in [-0.25, -0.2) is 4.79 Å². The van der Waals surface area contributed by atoms with Crippen molar-refractivity contribution in [2.75, 3.05) is 11.9 Å². The fourth-order valence-electron chi connectivity index (χ4n) is 2.92. The zero-order valence-corrected chi connectivity index (χ0v) is 14.3. The van der Waals surface area contributed by atoms with Gasteiger partial charge in [-0.1, -0.05) is 12.1 Å². The maximum atomic E-state index is 12.4. The standard InChI is InChI=1S/C20H21NO5/c22-19(23)13-25-17-9-3-5-14(11-17)20(24)21-15-6-4-10-18(12-15)26-16-7-1-2-8-16/h3-6,9-12,16H,1-2,7-8,13H2,(H,21,24)(H,22,23). The lowest BCUT2D eigenvalue weighted by Crippen LogP contribution is -2.14. The Morgan fingerprint density at radius 2 is 1.77 bits per heavy atom. The minimum atomic E-state index is -1.07. The fraction of sp³-hybridized carbons (Fsp3) is 0.300. The van der Waals surface area contributed by atoms with Crippen molar-refractivity contribution in [3.63, 3.8) is 0 Å². The van der Waals surface area contributed by atoms with Gasteiger partial charge in [0.15, 0.2) is 6.61 Å². The van der Waals surface area contributed by atoms with Crippen LogP contribution in [0.2, 0.25) is 0 Å². The van der Waals surface area contributed by atoms with Gasteiger partial charge >= 0.3 is 5.97 Å². The number of aliphatic carboxylic acids is 1. The molecular weight excluding hydrogens is 334 g/mol. The van der Waals surface area contributed by atoms with E-state index < -0.39 is 12.6 Å². The Kier molecular flexibility index (Phi) is 5.73. The predicted molar refractivity (Wildman–Crippen MR) is 96.9 cm³/mol. The van der Waals surface area contributed by atoms with Gasteiger partial charge in [-0.2, -0.15) is 0 Å². The molecule has 6 nitrogen and oxygen atoms in total. The van der Waals surface area contributed by atoms with Gasteiger partial charge in [0.05, 0.1) is 6.10 Å². The third kappa shape index (κ3) is 4.99. The molecule has 2 N–H and O–H groups in total. The number of anilines is 1. The van der Waals surface area contributed by atoms with Crippen molar-refractivity contribution in [3.05, 3.63) is 54.1 Å². The van der Waals surface area contributed by atoms with E-state index in [4.69, 9.17) is 14.6 Å². The van der Waals surface area contributed by atoms with Crippen molar-refractivity contribution in [1.29, 1.82) is 0 Å². The van der Waals surface area contributed by atoms with E-state index in [0.29, 0.717) is 17.0 Å². The molecule has 1 aliphatic rings. The number of carbonyl (C=O) groups is 2. The molecule has 0 aliphatic heterocycles. The average molecular weight is 355 g/mol. The second-order valence-corrected chi connectivity index (χ2v) is 6.22. The van der Waals surface area contributed by atoms with Crippen LogP contribution in [-0.2, 0) is 4.79 Å². The van der Waals surface area contributed by atoms with Gasteiger partial charge in [0.25, 0.3) is 5.91 Å². The Labute approximate surface area is 151 Å². The number of hydrogen-bond donors (Lipinski definition) is 2. The van der Waals surface area contributed by atoms with E-state index >= 15 is 0 Å². The fourth-order valence-corrected chi connectivity index (χ4v) is 2.92. The van der Waals surface area contributed by atoms with Crippen LogP contribution in [0.15, 0.2) is 48.5 Å². The molecule has 0 bridgehead atoms. The van der Waals surface area contributed by atoms with Crippen LogP contribution < -0.4 is 14.8 Å². The Balaban J connectivity index is 1.64. The van der Waals surface area contributed by atoms with Gasteiger partial charge < -0.3 is 19.9 Å². The van der Waals surface area contributed by atoms with E-state index in [-0.39, 0.29) is 12.0 Å². The summed E-state index contributed by atoms with van der Waals surface area (Å²) < 4.78 is 11.1. The first-order chi connectivity index (χ1) is 12.6. The quantitative estimate of drug-likeness (QED) is 0.791. The molecule has 0 atom stereocenters. The first kappa shape index (κ1) is 17.8. The highest BCUT2D eigenvalue weighted by atomic mass is 16.5. The number of hydrogen-bond acceptors (Lipinski definition) is 4. The van der Waals surface area contributed by atoms with Crippen molar-refractivity contribution >= 4 is 17.6 Å². The summed E-state index contributed by atoms with van der Waals surface area (Å²) in [6, 6.07) is 13.7. The molecule has 0 spiro atoms. The highest BCUT2D eigenvalue weighted by Gasteiger charge is 2.16. The molecule has 0 unspecified atom stereocenters. The molecule has 1 fully saturated rings. The van der Waals surface area contributed by atoms with Gasteiger partial charge in [0, 0.05) is 17.3 Å². The minimum absolute atomic E-state index is 0.254. The summed E-state index contributed by atoms with van der Waals surface area (Å²) in [5, 5.41) is 11.5. The molecule has 6 heteroatoms. The average Bonchev–Trinajstić information content (AvgIpc) is 3.13. The van der Waals surface area contributed by atoms with Crippen LogP contribution in [0.5, 0.6) is 11.5 Å². The molecule has 1 aliphatic carbocycles. The predicted octanol–water partition coefficient (Wildman–Crippen LogP) is 3.72. The van der Waals surface area contributed by atoms with Crippen LogP contribution in [0.4, 0.5) is 5.69 Å². The zero-order chi connectivity index (χ0) is 18.4. The number of carboxylic acid groups (broad SMARTS) is 1. The van der Waals surface area contributed by atoms with Gasteiger partial charge in [-0.15, -0.1) is 0 Å². The number of carboxylic acids is 1. The molecule has 3 rings (SSSR count). The summed E-state index contributed by atoms with van der Waals surface area (Å²) in [5.74, 6) is -0.297. The number of amides is 1. The minimum Gasteiger partial charge on any atom is -0.490 e. The van der Waals surface area contributed by atoms with Gasteiger partial charge in [0.1, 0.15) is 11.5 Å². The van der Waals surface area contributed by atoms with Gasteiger partial charge in [-0.3, -0.25) is 4.79 Å². The van der Waals surface area contributed by atoms with Crippen LogP contribution >= 0.6 is 0 Å². The van der Waals surface area contributed by atoms with Crippen LogP contribution in [-0.4, -0.2) is 29.7 Å². The van der Waals surface area contributed by atoms with Crippen molar-refractivity contribution in [2.24, 2.45) is 0 Å². The molecule has 1 amide bonds. The molecule has 2 aromatic carbocycles. The van der Waals surface area contributed by atoms with Crippen molar-refractivity contribution in [3.8, 4) is 11.5 Å². The molecular formula is C20H21NO5. The lowest BCUT2D eigenvalue weighted by Gasteiger charge is -2.14. The van der Waals surface area contributed by atoms with E-state index in [0.717, 1.165) is 18.6 Å². The molecule has 2 aromatic rings. The molecule has 26 heavy (non-hydrogen) atoms. The SMILES string of the molecule is O=C(O)COc1cccc(C(=O)Nc2cccc(OC3CCCC3)c2)c1. The first-order valence-electron chi connectivity index (χ1n) is 8.63. The Bertz CT molecular complexity index is 783. The third-order valence-electron chi connectivity index (χ3n) is 4.16. The van der Waals surface area contributed by atoms with E-state index in [1.54, 1.807) is 30.3 Å². The van der Waals surface area contributed by atoms with Gasteiger partial charge in [-0.05, 0) is 56.0 Å². The number of ether oxygens (including phenoxy) is 2. The van der Waals surface area contributed by atoms with Crippen LogP contribution in [0.25, 0.3) is 0 Å². The Hall–Kier alpha value is -3.02. The summed E-state index contributed by atoms with van der Waals surface area (Å²) in [7, 11) is 0. The second kappa shape index (κ2) is 8.38. The van der Waals surface area contributed by atoms with Crippen LogP contribution in [0.3, 0.4) is 0 Å². The number of carbonyl (C=O) groups excluding carboxylic acids is 1. The zero-order valence-electron chi connectivity index (χ0n) is 14.3. The first-order valence-corrected chi connectivity index (χ1v) is 8.63. The highest BCUT2D eigenvalue weighted by Crippen LogP contribution is 2.26. The third-order valence-corrected chi connectivity index (χ3v) is 4.16. The monoisotopic (exact) mass is 355 g/mol. The second-order valence-electron chi connectivity index (χ2n) is 6.22. The van der Waals surface area contributed by atoms with Crippen molar-refractivity contribution in [2.45, 2.75) is 31.8 Å². The molecule has 1 saturated carbocycles. The highest BCUT2D eigenvalue weighted by molar-refractivity contribution is 6.04. The van der Waals surface area contributed by atoms with Crippen LogP contribution in [0.1, 0.15) is 36.0 Å². The van der Waals surface area contributed by atoms with E-state index in [1.807, 2.05) is 12.1 Å².